The summed E-state index contributed by atoms with van der Waals surface area (Å²) < 4.78 is 9.97. The maximum absolute atomic E-state index is 13.6. The highest BCUT2D eigenvalue weighted by Crippen LogP contribution is 2.37. The van der Waals surface area contributed by atoms with E-state index < -0.39 is 90.3 Å². The van der Waals surface area contributed by atoms with Crippen LogP contribution in [0.1, 0.15) is 120 Å². The zero-order valence-electron chi connectivity index (χ0n) is 35.6. The molecule has 2 aliphatic rings. The van der Waals surface area contributed by atoms with Crippen LogP contribution < -0.4 is 31.9 Å². The molecule has 6 amide bonds. The maximum Gasteiger partial charge on any atom is 0.408 e. The van der Waals surface area contributed by atoms with E-state index in [1.54, 1.807) is 34.6 Å². The van der Waals surface area contributed by atoms with Gasteiger partial charge in [-0.15, -0.1) is 0 Å². The molecule has 0 radical (unpaired) electrons. The lowest BCUT2D eigenvalue weighted by Crippen LogP contribution is -2.58. The standard InChI is InChI=1S/C40H70N6O11/c1-21(2)30(37(53)45-31(22(3)4)38(54)56-10)44-35(51)27-18-12-15-25(27)14-11-16-26-17-13-19-29(48)32(26)46-34(50)24(6)41-33(49)23(5)42-36(52)28(20-47)43-39(55)57-40(7,8)9/h21-32,47-48H,11-20H2,1-10H3,(H,41,49)(H,42,52)(H,43,55)(H,44,51)(H,45,53)(H,46,50)/t23-,24-,25?,26?,27+,28-,29-,30+,31-,32-/m0/s1. The van der Waals surface area contributed by atoms with E-state index in [0.29, 0.717) is 19.3 Å². The number of nitrogens with one attached hydrogen (secondary N) is 6. The lowest BCUT2D eigenvalue weighted by molar-refractivity contribution is -0.147. The summed E-state index contributed by atoms with van der Waals surface area (Å²) in [7, 11) is 1.27. The van der Waals surface area contributed by atoms with Gasteiger partial charge in [0.25, 0.3) is 0 Å². The van der Waals surface area contributed by atoms with E-state index in [1.807, 2.05) is 13.8 Å². The van der Waals surface area contributed by atoms with Crippen LogP contribution in [0.25, 0.3) is 0 Å². The first-order valence-corrected chi connectivity index (χ1v) is 20.5. The Morgan fingerprint density at radius 3 is 1.82 bits per heavy atom. The van der Waals surface area contributed by atoms with Crippen molar-refractivity contribution in [2.75, 3.05) is 13.7 Å². The normalized spacial score (nSPS) is 23.6. The summed E-state index contributed by atoms with van der Waals surface area (Å²) in [6, 6.07) is -5.69. The van der Waals surface area contributed by atoms with Gasteiger partial charge in [-0.25, -0.2) is 9.59 Å². The lowest BCUT2D eigenvalue weighted by atomic mass is 9.78. The molecule has 0 aromatic rings. The number of ether oxygens (including phenoxy) is 2. The van der Waals surface area contributed by atoms with Crippen LogP contribution in [0.4, 0.5) is 4.79 Å². The third-order valence-electron chi connectivity index (χ3n) is 10.8. The molecule has 10 atom stereocenters. The minimum atomic E-state index is -1.37. The van der Waals surface area contributed by atoms with Crippen LogP contribution in [0.2, 0.25) is 0 Å². The van der Waals surface area contributed by atoms with E-state index in [-0.39, 0.29) is 35.5 Å². The number of methoxy groups -OCH3 is 1. The Balaban J connectivity index is 1.94. The molecule has 0 saturated heterocycles. The number of carbonyl (C=O) groups is 7. The van der Waals surface area contributed by atoms with Crippen molar-refractivity contribution in [1.29, 1.82) is 0 Å². The van der Waals surface area contributed by atoms with Crippen LogP contribution in [-0.4, -0.2) is 113 Å². The van der Waals surface area contributed by atoms with Gasteiger partial charge in [-0.05, 0) is 96.8 Å². The fourth-order valence-electron chi connectivity index (χ4n) is 7.55. The summed E-state index contributed by atoms with van der Waals surface area (Å²) in [5, 5.41) is 36.5. The number of amides is 6. The molecule has 0 aromatic heterocycles. The number of hydrogen-bond acceptors (Lipinski definition) is 11. The van der Waals surface area contributed by atoms with Crippen molar-refractivity contribution in [3.05, 3.63) is 0 Å². The van der Waals surface area contributed by atoms with Crippen LogP contribution in [-0.2, 0) is 38.2 Å². The second-order valence-electron chi connectivity index (χ2n) is 17.3. The van der Waals surface area contributed by atoms with Crippen LogP contribution in [0, 0.1) is 29.6 Å². The van der Waals surface area contributed by atoms with Gasteiger partial charge in [0, 0.05) is 5.92 Å². The van der Waals surface area contributed by atoms with Gasteiger partial charge in [0.2, 0.25) is 29.5 Å². The number of rotatable bonds is 19. The molecule has 0 aromatic carbocycles. The third kappa shape index (κ3) is 15.7. The molecule has 2 saturated carbocycles. The molecule has 0 spiro atoms. The third-order valence-corrected chi connectivity index (χ3v) is 10.8. The first-order valence-electron chi connectivity index (χ1n) is 20.5. The molecule has 0 aliphatic heterocycles. The van der Waals surface area contributed by atoms with Gasteiger partial charge in [-0.3, -0.25) is 24.0 Å². The maximum atomic E-state index is 13.6. The molecule has 326 valence electrons. The van der Waals surface area contributed by atoms with Gasteiger partial charge in [0.15, 0.2) is 0 Å². The molecule has 57 heavy (non-hydrogen) atoms. The monoisotopic (exact) mass is 811 g/mol. The fraction of sp³-hybridized carbons (Fsp3) is 0.825. The number of alkyl carbamates (subject to hydrolysis) is 1. The largest absolute Gasteiger partial charge is 0.467 e. The average Bonchev–Trinajstić information content (AvgIpc) is 3.60. The molecule has 17 heteroatoms. The minimum absolute atomic E-state index is 0.0295. The fourth-order valence-corrected chi connectivity index (χ4v) is 7.55. The van der Waals surface area contributed by atoms with Crippen molar-refractivity contribution in [2.24, 2.45) is 29.6 Å². The van der Waals surface area contributed by atoms with Crippen molar-refractivity contribution < 1.29 is 53.2 Å². The summed E-state index contributed by atoms with van der Waals surface area (Å²) in [6.45, 7) is 14.4. The van der Waals surface area contributed by atoms with Gasteiger partial charge in [-0.2, -0.15) is 0 Å². The predicted octanol–water partition coefficient (Wildman–Crippen LogP) is 1.57. The molecular formula is C40H70N6O11. The first kappa shape index (κ1) is 49.2. The van der Waals surface area contributed by atoms with Gasteiger partial charge in [0.05, 0.1) is 25.9 Å². The topological polar surface area (TPSA) is 251 Å². The zero-order chi connectivity index (χ0) is 43.2. The SMILES string of the molecule is COC(=O)[C@@H](NC(=O)[C@H](NC(=O)[C@@H]1CCCC1CCCC1CCC[C@H](O)[C@H]1NC(=O)[C@H](C)NC(=O)[C@H](C)NC(=O)[C@H](CO)NC(=O)OC(C)(C)C)C(C)C)C(C)C. The van der Waals surface area contributed by atoms with Crippen molar-refractivity contribution in [3.63, 3.8) is 0 Å². The second-order valence-corrected chi connectivity index (χ2v) is 17.3. The lowest BCUT2D eigenvalue weighted by Gasteiger charge is -2.37. The Kier molecular flexibility index (Phi) is 19.7. The van der Waals surface area contributed by atoms with Crippen molar-refractivity contribution in [1.82, 2.24) is 31.9 Å². The van der Waals surface area contributed by atoms with Gasteiger partial charge >= 0.3 is 12.1 Å². The van der Waals surface area contributed by atoms with E-state index in [4.69, 9.17) is 9.47 Å². The van der Waals surface area contributed by atoms with Crippen molar-refractivity contribution in [2.45, 2.75) is 168 Å². The smallest absolute Gasteiger partial charge is 0.408 e. The first-order chi connectivity index (χ1) is 26.6. The van der Waals surface area contributed by atoms with E-state index >= 15 is 0 Å². The second kappa shape index (κ2) is 22.8. The highest BCUT2D eigenvalue weighted by atomic mass is 16.6. The Labute approximate surface area is 337 Å². The molecule has 2 rings (SSSR count). The average molecular weight is 811 g/mol. The summed E-state index contributed by atoms with van der Waals surface area (Å²) in [4.78, 5) is 90.0. The minimum Gasteiger partial charge on any atom is -0.467 e. The molecule has 2 fully saturated rings. The quantitative estimate of drug-likeness (QED) is 0.0870. The van der Waals surface area contributed by atoms with Crippen LogP contribution in [0.15, 0.2) is 0 Å². The highest BCUT2D eigenvalue weighted by molar-refractivity contribution is 5.94. The van der Waals surface area contributed by atoms with Gasteiger partial charge < -0.3 is 51.6 Å². The summed E-state index contributed by atoms with van der Waals surface area (Å²) in [5.74, 6) is -3.75. The van der Waals surface area contributed by atoms with Crippen LogP contribution in [0.3, 0.4) is 0 Å². The molecule has 0 heterocycles. The number of carbonyl (C=O) groups excluding carboxylic acids is 7. The zero-order valence-corrected chi connectivity index (χ0v) is 35.6. The Bertz CT molecular complexity index is 1390. The molecule has 8 N–H and O–H groups in total. The van der Waals surface area contributed by atoms with E-state index in [0.717, 1.165) is 38.5 Å². The molecule has 0 bridgehead atoms. The number of aliphatic hydroxyl groups is 2. The van der Waals surface area contributed by atoms with Gasteiger partial charge in [-0.1, -0.05) is 47.0 Å². The van der Waals surface area contributed by atoms with Crippen molar-refractivity contribution >= 4 is 41.6 Å². The number of aliphatic hydroxyl groups excluding tert-OH is 2. The number of esters is 1. The Morgan fingerprint density at radius 2 is 1.25 bits per heavy atom. The Hall–Kier alpha value is -3.99. The van der Waals surface area contributed by atoms with E-state index in [1.165, 1.54) is 21.0 Å². The summed E-state index contributed by atoms with van der Waals surface area (Å²) in [5.41, 5.74) is -0.828. The molecule has 17 nitrogen and oxygen atoms in total. The van der Waals surface area contributed by atoms with E-state index in [9.17, 15) is 43.8 Å². The predicted molar refractivity (Wildman–Crippen MR) is 211 cm³/mol. The van der Waals surface area contributed by atoms with Crippen LogP contribution in [0.5, 0.6) is 0 Å². The molecule has 2 aliphatic carbocycles. The Morgan fingerprint density at radius 1 is 0.684 bits per heavy atom. The number of hydrogen-bond donors (Lipinski definition) is 8. The summed E-state index contributed by atoms with van der Waals surface area (Å²) in [6.07, 6.45) is 5.12. The molecular weight excluding hydrogens is 740 g/mol. The van der Waals surface area contributed by atoms with Crippen molar-refractivity contribution in [3.8, 4) is 0 Å². The van der Waals surface area contributed by atoms with Gasteiger partial charge in [0.1, 0.15) is 35.8 Å². The highest BCUT2D eigenvalue weighted by Gasteiger charge is 2.38. The summed E-state index contributed by atoms with van der Waals surface area (Å²) >= 11 is 0. The van der Waals surface area contributed by atoms with E-state index in [2.05, 4.69) is 31.9 Å². The molecule has 2 unspecified atom stereocenters. The van der Waals surface area contributed by atoms with Crippen LogP contribution >= 0.6 is 0 Å².